The van der Waals surface area contributed by atoms with E-state index < -0.39 is 12.0 Å². The number of unbranched alkanes of at least 4 members (excludes halogenated alkanes) is 2. The molecule has 0 aliphatic rings. The summed E-state index contributed by atoms with van der Waals surface area (Å²) in [5.74, 6) is -1.23. The monoisotopic (exact) mass is 260 g/mol. The fourth-order valence-corrected chi connectivity index (χ4v) is 1.45. The molecule has 1 atom stereocenters. The number of carbonyl (C=O) groups excluding carboxylic acids is 1. The molecule has 6 heteroatoms. The van der Waals surface area contributed by atoms with E-state index in [1.807, 2.05) is 0 Å². The molecule has 0 unspecified atom stereocenters. The van der Waals surface area contributed by atoms with Crippen LogP contribution in [0.1, 0.15) is 25.7 Å². The second kappa shape index (κ2) is 8.05. The molecule has 0 aliphatic carbocycles. The van der Waals surface area contributed by atoms with Gasteiger partial charge in [-0.2, -0.15) is 0 Å². The van der Waals surface area contributed by atoms with Gasteiger partial charge in [-0.1, -0.05) is 0 Å². The molecule has 0 radical (unpaired) electrons. The minimum atomic E-state index is -1.10. The lowest BCUT2D eigenvalue weighted by Crippen LogP contribution is -2.42. The first-order valence-corrected chi connectivity index (χ1v) is 6.28. The highest BCUT2D eigenvalue weighted by Crippen LogP contribution is 2.03. The molecule has 0 aromatic rings. The summed E-state index contributed by atoms with van der Waals surface area (Å²) in [6.45, 7) is 1.08. The van der Waals surface area contributed by atoms with Crippen LogP contribution in [0.25, 0.3) is 0 Å². The Hall–Kier alpha value is -1.14. The number of hydrogen-bond acceptors (Lipinski definition) is 3. The van der Waals surface area contributed by atoms with Gasteiger partial charge >= 0.3 is 5.97 Å². The Morgan fingerprint density at radius 1 is 1.22 bits per heavy atom. The van der Waals surface area contributed by atoms with Crippen LogP contribution in [0.5, 0.6) is 0 Å². The molecule has 0 fully saturated rings. The van der Waals surface area contributed by atoms with E-state index in [0.29, 0.717) is 6.42 Å². The Morgan fingerprint density at radius 2 is 1.83 bits per heavy atom. The van der Waals surface area contributed by atoms with Gasteiger partial charge in [-0.25, -0.2) is 0 Å². The molecule has 106 valence electrons. The number of aliphatic carboxylic acids is 1. The number of carboxylic acids is 1. The maximum absolute atomic E-state index is 11.4. The summed E-state index contributed by atoms with van der Waals surface area (Å²) < 4.78 is 0.930. The van der Waals surface area contributed by atoms with E-state index in [0.717, 1.165) is 30.3 Å². The van der Waals surface area contributed by atoms with Crippen LogP contribution in [-0.4, -0.2) is 61.7 Å². The highest BCUT2D eigenvalue weighted by Gasteiger charge is 2.12. The van der Waals surface area contributed by atoms with Gasteiger partial charge in [0.15, 0.2) is 0 Å². The smallest absolute Gasteiger partial charge is 0.322 e. The summed E-state index contributed by atoms with van der Waals surface area (Å²) in [6, 6.07) is -1.02. The lowest BCUT2D eigenvalue weighted by molar-refractivity contribution is -0.870. The van der Waals surface area contributed by atoms with Gasteiger partial charge in [0, 0.05) is 13.0 Å². The molecular formula is C12H26N3O3+. The maximum Gasteiger partial charge on any atom is 0.322 e. The summed E-state index contributed by atoms with van der Waals surface area (Å²) >= 11 is 0. The summed E-state index contributed by atoms with van der Waals surface area (Å²) in [5, 5.41) is 11.1. The number of nitrogens with one attached hydrogen (secondary N) is 1. The summed E-state index contributed by atoms with van der Waals surface area (Å²) in [5.41, 5.74) is 5.27. The van der Waals surface area contributed by atoms with Crippen LogP contribution in [0.4, 0.5) is 0 Å². The van der Waals surface area contributed by atoms with Gasteiger partial charge in [0.1, 0.15) is 6.04 Å². The predicted molar refractivity (Wildman–Crippen MR) is 70.0 cm³/mol. The molecule has 6 nitrogen and oxygen atoms in total. The third kappa shape index (κ3) is 10.0. The normalized spacial score (nSPS) is 13.1. The number of carboxylic acid groups (broad SMARTS) is 1. The van der Waals surface area contributed by atoms with Crippen LogP contribution in [-0.2, 0) is 9.59 Å². The minimum Gasteiger partial charge on any atom is -0.480 e. The Kier molecular flexibility index (Phi) is 7.54. The first-order chi connectivity index (χ1) is 8.22. The average molecular weight is 260 g/mol. The van der Waals surface area contributed by atoms with Gasteiger partial charge in [-0.3, -0.25) is 9.59 Å². The van der Waals surface area contributed by atoms with Crippen molar-refractivity contribution in [3.05, 3.63) is 0 Å². The molecule has 0 saturated carbocycles. The van der Waals surface area contributed by atoms with Gasteiger partial charge in [0.25, 0.3) is 0 Å². The van der Waals surface area contributed by atoms with Gasteiger partial charge in [0.05, 0.1) is 27.7 Å². The lowest BCUT2D eigenvalue weighted by Gasteiger charge is -2.23. The van der Waals surface area contributed by atoms with Crippen LogP contribution in [0.3, 0.4) is 0 Å². The van der Waals surface area contributed by atoms with E-state index >= 15 is 0 Å². The van der Waals surface area contributed by atoms with E-state index in [1.165, 1.54) is 0 Å². The maximum atomic E-state index is 11.4. The largest absolute Gasteiger partial charge is 0.480 e. The fraction of sp³-hybridized carbons (Fsp3) is 0.833. The number of rotatable bonds is 9. The van der Waals surface area contributed by atoms with E-state index in [2.05, 4.69) is 26.5 Å². The van der Waals surface area contributed by atoms with E-state index in [9.17, 15) is 9.59 Å². The second-order valence-electron chi connectivity index (χ2n) is 5.57. The van der Waals surface area contributed by atoms with Crippen LogP contribution in [0, 0.1) is 0 Å². The number of nitrogens with zero attached hydrogens (tertiary/aromatic N) is 1. The van der Waals surface area contributed by atoms with Crippen molar-refractivity contribution >= 4 is 11.9 Å². The van der Waals surface area contributed by atoms with Crippen LogP contribution in [0.15, 0.2) is 0 Å². The minimum absolute atomic E-state index is 0.00690. The van der Waals surface area contributed by atoms with Gasteiger partial charge in [-0.15, -0.1) is 0 Å². The first-order valence-electron chi connectivity index (χ1n) is 6.28. The van der Waals surface area contributed by atoms with E-state index in [4.69, 9.17) is 10.8 Å². The average Bonchev–Trinajstić information content (AvgIpc) is 2.23. The van der Waals surface area contributed by atoms with Crippen LogP contribution >= 0.6 is 0 Å². The highest BCUT2D eigenvalue weighted by atomic mass is 16.4. The van der Waals surface area contributed by atoms with Gasteiger partial charge in [-0.05, 0) is 19.3 Å². The van der Waals surface area contributed by atoms with Gasteiger partial charge < -0.3 is 20.6 Å². The predicted octanol–water partition coefficient (Wildman–Crippen LogP) is -0.219. The SMILES string of the molecule is C[N+](C)(C)CCCCCC(=O)NC[C@@H](N)C(=O)O. The number of amides is 1. The highest BCUT2D eigenvalue weighted by molar-refractivity contribution is 5.78. The third-order valence-electron chi connectivity index (χ3n) is 2.57. The topological polar surface area (TPSA) is 92.4 Å². The van der Waals surface area contributed by atoms with Crippen molar-refractivity contribution in [1.29, 1.82) is 0 Å². The van der Waals surface area contributed by atoms with Crippen molar-refractivity contribution in [3.63, 3.8) is 0 Å². The Morgan fingerprint density at radius 3 is 2.33 bits per heavy atom. The molecule has 0 aromatic heterocycles. The number of carbonyl (C=O) groups is 2. The molecule has 0 heterocycles. The molecule has 18 heavy (non-hydrogen) atoms. The molecule has 0 saturated heterocycles. The molecule has 1 amide bonds. The second-order valence-corrected chi connectivity index (χ2v) is 5.57. The Labute approximate surface area is 109 Å². The van der Waals surface area contributed by atoms with Crippen molar-refractivity contribution in [2.45, 2.75) is 31.7 Å². The standard InChI is InChI=1S/C12H25N3O3/c1-15(2,3)8-6-4-5-7-11(16)14-9-10(13)12(17)18/h10H,4-9,13H2,1-3H3,(H-,14,16,17,18)/p+1/t10-/m1/s1. The Balaban J connectivity index is 3.52. The number of hydrogen-bond donors (Lipinski definition) is 3. The van der Waals surface area contributed by atoms with E-state index in [-0.39, 0.29) is 12.5 Å². The molecule has 0 aromatic carbocycles. The fourth-order valence-electron chi connectivity index (χ4n) is 1.45. The molecule has 0 aliphatic heterocycles. The molecular weight excluding hydrogens is 234 g/mol. The van der Waals surface area contributed by atoms with Crippen molar-refractivity contribution in [2.24, 2.45) is 5.73 Å². The van der Waals surface area contributed by atoms with Crippen LogP contribution < -0.4 is 11.1 Å². The quantitative estimate of drug-likeness (QED) is 0.395. The van der Waals surface area contributed by atoms with E-state index in [1.54, 1.807) is 0 Å². The van der Waals surface area contributed by atoms with Crippen molar-refractivity contribution in [1.82, 2.24) is 5.32 Å². The summed E-state index contributed by atoms with van der Waals surface area (Å²) in [6.07, 6.45) is 3.36. The summed E-state index contributed by atoms with van der Waals surface area (Å²) in [4.78, 5) is 21.8. The zero-order valence-corrected chi connectivity index (χ0v) is 11.6. The zero-order chi connectivity index (χ0) is 14.2. The molecule has 4 N–H and O–H groups in total. The third-order valence-corrected chi connectivity index (χ3v) is 2.57. The van der Waals surface area contributed by atoms with Crippen molar-refractivity contribution in [2.75, 3.05) is 34.2 Å². The first kappa shape index (κ1) is 16.9. The van der Waals surface area contributed by atoms with Crippen molar-refractivity contribution in [3.8, 4) is 0 Å². The molecule has 0 spiro atoms. The molecule has 0 bridgehead atoms. The summed E-state index contributed by atoms with van der Waals surface area (Å²) in [7, 11) is 6.42. The number of nitrogens with two attached hydrogens (primary N) is 1. The van der Waals surface area contributed by atoms with Crippen LogP contribution in [0.2, 0.25) is 0 Å². The zero-order valence-electron chi connectivity index (χ0n) is 11.6. The lowest BCUT2D eigenvalue weighted by atomic mass is 10.1. The number of quaternary nitrogens is 1. The van der Waals surface area contributed by atoms with Crippen molar-refractivity contribution < 1.29 is 19.2 Å². The Bertz CT molecular complexity index is 274. The molecule has 0 rings (SSSR count). The van der Waals surface area contributed by atoms with Gasteiger partial charge in [0.2, 0.25) is 5.91 Å².